The number of nitrogens with zero attached hydrogens (tertiary/aromatic N) is 2. The lowest BCUT2D eigenvalue weighted by atomic mass is 9.99. The summed E-state index contributed by atoms with van der Waals surface area (Å²) < 4.78 is 0. The second-order valence-corrected chi connectivity index (χ2v) is 6.26. The largest absolute Gasteiger partial charge is 0.481 e. The molecule has 1 atom stereocenters. The predicted octanol–water partition coefficient (Wildman–Crippen LogP) is 2.62. The maximum atomic E-state index is 12.5. The van der Waals surface area contributed by atoms with E-state index in [0.29, 0.717) is 13.0 Å². The highest BCUT2D eigenvalue weighted by atomic mass is 16.4. The number of rotatable bonds is 3. The van der Waals surface area contributed by atoms with E-state index < -0.39 is 11.9 Å². The van der Waals surface area contributed by atoms with Gasteiger partial charge in [-0.3, -0.25) is 4.79 Å². The van der Waals surface area contributed by atoms with E-state index in [1.54, 1.807) is 4.90 Å². The molecule has 3 rings (SSSR count). The first kappa shape index (κ1) is 15.6. The van der Waals surface area contributed by atoms with Gasteiger partial charge < -0.3 is 20.2 Å². The number of likely N-dealkylation sites (tertiary alicyclic amines) is 1. The minimum absolute atomic E-state index is 0.206. The minimum Gasteiger partial charge on any atom is -0.481 e. The molecule has 2 N–H and O–H groups in total. The van der Waals surface area contributed by atoms with E-state index in [-0.39, 0.29) is 12.6 Å². The summed E-state index contributed by atoms with van der Waals surface area (Å²) in [5.41, 5.74) is 1.85. The molecule has 0 saturated carbocycles. The lowest BCUT2D eigenvalue weighted by Crippen LogP contribution is -2.44. The first-order valence-electron chi connectivity index (χ1n) is 8.28. The number of amides is 2. The second kappa shape index (κ2) is 6.89. The number of aliphatic carboxylic acids is 1. The summed E-state index contributed by atoms with van der Waals surface area (Å²) >= 11 is 0. The van der Waals surface area contributed by atoms with Crippen LogP contribution in [0.5, 0.6) is 0 Å². The lowest BCUT2D eigenvalue weighted by Gasteiger charge is -2.31. The molecule has 0 bridgehead atoms. The monoisotopic (exact) mass is 317 g/mol. The molecule has 1 unspecified atom stereocenters. The average molecular weight is 317 g/mol. The van der Waals surface area contributed by atoms with E-state index in [2.05, 4.69) is 10.2 Å². The summed E-state index contributed by atoms with van der Waals surface area (Å²) in [6.07, 6.45) is 3.73. The van der Waals surface area contributed by atoms with Crippen molar-refractivity contribution in [3.05, 3.63) is 24.3 Å². The van der Waals surface area contributed by atoms with Gasteiger partial charge in [-0.25, -0.2) is 4.79 Å². The van der Waals surface area contributed by atoms with Gasteiger partial charge in [-0.2, -0.15) is 0 Å². The number of nitrogens with one attached hydrogen (secondary N) is 1. The Morgan fingerprint density at radius 3 is 2.57 bits per heavy atom. The van der Waals surface area contributed by atoms with Gasteiger partial charge in [-0.15, -0.1) is 0 Å². The Bertz CT molecular complexity index is 584. The maximum Gasteiger partial charge on any atom is 0.321 e. The molecule has 1 aromatic carbocycles. The quantitative estimate of drug-likeness (QED) is 0.899. The van der Waals surface area contributed by atoms with Crippen LogP contribution in [-0.4, -0.2) is 48.2 Å². The van der Waals surface area contributed by atoms with Gasteiger partial charge in [0.15, 0.2) is 0 Å². The molecular weight excluding hydrogens is 294 g/mol. The van der Waals surface area contributed by atoms with Crippen LogP contribution in [0.2, 0.25) is 0 Å². The summed E-state index contributed by atoms with van der Waals surface area (Å²) in [5.74, 6) is -1.27. The Labute approximate surface area is 136 Å². The maximum absolute atomic E-state index is 12.5. The third-order valence-corrected chi connectivity index (χ3v) is 4.65. The molecule has 2 aliphatic heterocycles. The fourth-order valence-electron chi connectivity index (χ4n) is 3.37. The van der Waals surface area contributed by atoms with Crippen LogP contribution in [0.4, 0.5) is 16.2 Å². The number of anilines is 2. The molecule has 6 nitrogen and oxygen atoms in total. The van der Waals surface area contributed by atoms with Gasteiger partial charge in [0.2, 0.25) is 0 Å². The van der Waals surface area contributed by atoms with Crippen LogP contribution in [0.3, 0.4) is 0 Å². The van der Waals surface area contributed by atoms with Crippen LogP contribution in [0.25, 0.3) is 0 Å². The van der Waals surface area contributed by atoms with Gasteiger partial charge in [0.05, 0.1) is 17.3 Å². The Morgan fingerprint density at radius 2 is 1.83 bits per heavy atom. The van der Waals surface area contributed by atoms with Crippen LogP contribution in [0, 0.1) is 5.92 Å². The molecule has 0 radical (unpaired) electrons. The van der Waals surface area contributed by atoms with Crippen LogP contribution in [0.1, 0.15) is 25.7 Å². The van der Waals surface area contributed by atoms with Crippen LogP contribution < -0.4 is 10.2 Å². The zero-order valence-electron chi connectivity index (χ0n) is 13.2. The van der Waals surface area contributed by atoms with Crippen molar-refractivity contribution in [2.24, 2.45) is 5.92 Å². The van der Waals surface area contributed by atoms with E-state index >= 15 is 0 Å². The number of hydrogen-bond donors (Lipinski definition) is 2. The molecule has 2 fully saturated rings. The van der Waals surface area contributed by atoms with Gasteiger partial charge >= 0.3 is 12.0 Å². The first-order chi connectivity index (χ1) is 11.1. The SMILES string of the molecule is O=C(O)C1CCCN(C(=O)Nc2ccccc2N2CCCC2)C1. The van der Waals surface area contributed by atoms with Crippen molar-refractivity contribution in [3.63, 3.8) is 0 Å². The van der Waals surface area contributed by atoms with E-state index in [9.17, 15) is 9.59 Å². The van der Waals surface area contributed by atoms with Crippen molar-refractivity contribution in [2.45, 2.75) is 25.7 Å². The van der Waals surface area contributed by atoms with Gasteiger partial charge in [-0.1, -0.05) is 12.1 Å². The number of carboxylic acids is 1. The fraction of sp³-hybridized carbons (Fsp3) is 0.529. The number of benzene rings is 1. The average Bonchev–Trinajstić information content (AvgIpc) is 3.09. The standard InChI is InChI=1S/C17H23N3O3/c21-16(22)13-6-5-11-20(12-13)17(23)18-14-7-1-2-8-15(14)19-9-3-4-10-19/h1-2,7-8,13H,3-6,9-12H2,(H,18,23)(H,21,22). The minimum atomic E-state index is -0.819. The van der Waals surface area contributed by atoms with Gasteiger partial charge in [0.25, 0.3) is 0 Å². The van der Waals surface area contributed by atoms with E-state index in [0.717, 1.165) is 30.9 Å². The smallest absolute Gasteiger partial charge is 0.321 e. The molecule has 0 aliphatic carbocycles. The van der Waals surface area contributed by atoms with E-state index in [4.69, 9.17) is 5.11 Å². The molecule has 2 amide bonds. The summed E-state index contributed by atoms with van der Waals surface area (Å²) in [5, 5.41) is 12.1. The van der Waals surface area contributed by atoms with Crippen molar-refractivity contribution < 1.29 is 14.7 Å². The van der Waals surface area contributed by atoms with Gasteiger partial charge in [0, 0.05) is 26.2 Å². The molecule has 2 aliphatic rings. The molecule has 6 heteroatoms. The van der Waals surface area contributed by atoms with E-state index in [1.165, 1.54) is 12.8 Å². The van der Waals surface area contributed by atoms with Crippen LogP contribution >= 0.6 is 0 Å². The van der Waals surface area contributed by atoms with Crippen molar-refractivity contribution in [1.29, 1.82) is 0 Å². The molecule has 0 aromatic heterocycles. The Kier molecular flexibility index (Phi) is 4.69. The highest BCUT2D eigenvalue weighted by Gasteiger charge is 2.28. The number of urea groups is 1. The Morgan fingerprint density at radius 1 is 1.09 bits per heavy atom. The number of carbonyl (C=O) groups is 2. The third kappa shape index (κ3) is 3.57. The lowest BCUT2D eigenvalue weighted by molar-refractivity contribution is -0.143. The second-order valence-electron chi connectivity index (χ2n) is 6.26. The van der Waals surface area contributed by atoms with Crippen LogP contribution in [0.15, 0.2) is 24.3 Å². The zero-order chi connectivity index (χ0) is 16.2. The Balaban J connectivity index is 1.69. The number of carboxylic acid groups (broad SMARTS) is 1. The summed E-state index contributed by atoms with van der Waals surface area (Å²) in [6.45, 7) is 2.92. The molecule has 124 valence electrons. The number of hydrogen-bond acceptors (Lipinski definition) is 3. The van der Waals surface area contributed by atoms with Crippen molar-refractivity contribution in [1.82, 2.24) is 4.90 Å². The number of para-hydroxylation sites is 2. The molecule has 1 aromatic rings. The van der Waals surface area contributed by atoms with E-state index in [1.807, 2.05) is 24.3 Å². The number of piperidine rings is 1. The summed E-state index contributed by atoms with van der Waals surface area (Å²) in [4.78, 5) is 27.5. The first-order valence-corrected chi connectivity index (χ1v) is 8.28. The fourth-order valence-corrected chi connectivity index (χ4v) is 3.37. The molecule has 23 heavy (non-hydrogen) atoms. The third-order valence-electron chi connectivity index (χ3n) is 4.65. The summed E-state index contributed by atoms with van der Waals surface area (Å²) in [7, 11) is 0. The van der Waals surface area contributed by atoms with Crippen molar-refractivity contribution >= 4 is 23.4 Å². The van der Waals surface area contributed by atoms with Gasteiger partial charge in [-0.05, 0) is 37.8 Å². The Hall–Kier alpha value is -2.24. The highest BCUT2D eigenvalue weighted by Crippen LogP contribution is 2.29. The predicted molar refractivity (Wildman–Crippen MR) is 88.8 cm³/mol. The summed E-state index contributed by atoms with van der Waals surface area (Å²) in [6, 6.07) is 7.61. The van der Waals surface area contributed by atoms with Gasteiger partial charge in [0.1, 0.15) is 0 Å². The molecular formula is C17H23N3O3. The topological polar surface area (TPSA) is 72.9 Å². The number of carbonyl (C=O) groups excluding carboxylic acids is 1. The normalized spacial score (nSPS) is 21.3. The molecule has 2 saturated heterocycles. The van der Waals surface area contributed by atoms with Crippen molar-refractivity contribution in [3.8, 4) is 0 Å². The van der Waals surface area contributed by atoms with Crippen LogP contribution in [-0.2, 0) is 4.79 Å². The van der Waals surface area contributed by atoms with Crippen molar-refractivity contribution in [2.75, 3.05) is 36.4 Å². The molecule has 2 heterocycles. The molecule has 0 spiro atoms. The zero-order valence-corrected chi connectivity index (χ0v) is 13.2. The highest BCUT2D eigenvalue weighted by molar-refractivity contribution is 5.93.